The largest absolute Gasteiger partial charge is 0.481 e. The molecule has 3 rings (SSSR count). The smallest absolute Gasteiger partial charge is 0.307 e. The first-order valence-corrected chi connectivity index (χ1v) is 7.44. The number of carbonyl (C=O) groups excluding carboxylic acids is 1. The topological polar surface area (TPSA) is 82.3 Å². The number of carboxylic acid groups (broad SMARTS) is 1. The second-order valence-electron chi connectivity index (χ2n) is 6.21. The fourth-order valence-corrected chi connectivity index (χ4v) is 3.46. The number of terminal acetylenes is 1. The summed E-state index contributed by atoms with van der Waals surface area (Å²) >= 11 is 0. The number of rotatable bonds is 6. The average Bonchev–Trinajstić information content (AvgIpc) is 3.36. The normalized spacial score (nSPS) is 31.2. The van der Waals surface area contributed by atoms with E-state index >= 15 is 0 Å². The van der Waals surface area contributed by atoms with Crippen LogP contribution in [-0.4, -0.2) is 40.6 Å². The van der Waals surface area contributed by atoms with Crippen LogP contribution in [0.5, 0.6) is 0 Å². The Balaban J connectivity index is 1.45. The molecule has 3 atom stereocenters. The minimum Gasteiger partial charge on any atom is -0.481 e. The van der Waals surface area contributed by atoms with Gasteiger partial charge in [-0.3, -0.25) is 9.59 Å². The third-order valence-corrected chi connectivity index (χ3v) is 4.92. The highest BCUT2D eigenvalue weighted by Gasteiger charge is 2.57. The molecule has 1 saturated carbocycles. The van der Waals surface area contributed by atoms with E-state index in [2.05, 4.69) is 16.1 Å². The Morgan fingerprint density at radius 1 is 1.33 bits per heavy atom. The molecule has 112 valence electrons. The quantitative estimate of drug-likeness (QED) is 0.753. The number of amides is 1. The molecule has 6 heteroatoms. The summed E-state index contributed by atoms with van der Waals surface area (Å²) in [6.45, 7) is 1.27. The number of fused-ring (bicyclic) bond motifs is 1. The number of carboxylic acids is 1. The molecule has 2 aliphatic heterocycles. The molecule has 2 heterocycles. The van der Waals surface area contributed by atoms with Crippen LogP contribution >= 0.6 is 0 Å². The van der Waals surface area contributed by atoms with Gasteiger partial charge in [0, 0.05) is 38.8 Å². The molecule has 1 aliphatic carbocycles. The number of piperidine rings is 1. The lowest BCUT2D eigenvalue weighted by atomic mass is 10.0. The summed E-state index contributed by atoms with van der Waals surface area (Å²) in [5.74, 6) is 2.14. The van der Waals surface area contributed by atoms with Crippen molar-refractivity contribution in [2.75, 3.05) is 13.1 Å². The van der Waals surface area contributed by atoms with E-state index in [4.69, 9.17) is 11.5 Å². The predicted molar refractivity (Wildman–Crippen MR) is 74.2 cm³/mol. The zero-order valence-electron chi connectivity index (χ0n) is 11.9. The van der Waals surface area contributed by atoms with Gasteiger partial charge < -0.3 is 10.0 Å². The Labute approximate surface area is 123 Å². The van der Waals surface area contributed by atoms with Gasteiger partial charge >= 0.3 is 5.97 Å². The second kappa shape index (κ2) is 5.14. The first kappa shape index (κ1) is 14.1. The summed E-state index contributed by atoms with van der Waals surface area (Å²) in [4.78, 5) is 25.1. The van der Waals surface area contributed by atoms with Crippen molar-refractivity contribution in [1.29, 1.82) is 0 Å². The number of hydrogen-bond donors (Lipinski definition) is 1. The van der Waals surface area contributed by atoms with E-state index in [0.29, 0.717) is 38.8 Å². The van der Waals surface area contributed by atoms with Crippen LogP contribution in [0.25, 0.3) is 0 Å². The van der Waals surface area contributed by atoms with Gasteiger partial charge in [-0.25, -0.2) is 0 Å². The van der Waals surface area contributed by atoms with Crippen LogP contribution in [0.2, 0.25) is 0 Å². The molecule has 0 aromatic rings. The minimum atomic E-state index is -0.719. The van der Waals surface area contributed by atoms with E-state index in [1.54, 1.807) is 4.90 Å². The summed E-state index contributed by atoms with van der Waals surface area (Å²) in [7, 11) is 0. The van der Waals surface area contributed by atoms with Gasteiger partial charge in [0.2, 0.25) is 5.91 Å². The van der Waals surface area contributed by atoms with Crippen molar-refractivity contribution in [3.05, 3.63) is 0 Å². The third kappa shape index (κ3) is 2.78. The molecule has 3 aliphatic rings. The fourth-order valence-electron chi connectivity index (χ4n) is 3.46. The van der Waals surface area contributed by atoms with Gasteiger partial charge in [0.15, 0.2) is 5.66 Å². The van der Waals surface area contributed by atoms with Crippen molar-refractivity contribution < 1.29 is 14.7 Å². The standard InChI is InChI=1S/C15H19N3O3/c1-2-3-6-15(16-17-15)7-4-12(19)18-8-5-10-11(9-18)13(10)14(20)21/h1,10-11,13H,3-9H2,(H,20,21)/t10-,11+,13-/m1/s1. The van der Waals surface area contributed by atoms with E-state index in [9.17, 15) is 9.59 Å². The van der Waals surface area contributed by atoms with Crippen LogP contribution in [0.3, 0.4) is 0 Å². The highest BCUT2D eigenvalue weighted by molar-refractivity contribution is 5.78. The first-order valence-electron chi connectivity index (χ1n) is 7.44. The number of nitrogens with zero attached hydrogens (tertiary/aromatic N) is 3. The summed E-state index contributed by atoms with van der Waals surface area (Å²) in [6.07, 6.45) is 8.40. The van der Waals surface area contributed by atoms with Crippen molar-refractivity contribution in [3.63, 3.8) is 0 Å². The van der Waals surface area contributed by atoms with E-state index < -0.39 is 11.6 Å². The second-order valence-corrected chi connectivity index (χ2v) is 6.21. The number of aliphatic carboxylic acids is 1. The molecule has 0 unspecified atom stereocenters. The average molecular weight is 289 g/mol. The molecular formula is C15H19N3O3. The molecule has 0 aromatic heterocycles. The predicted octanol–water partition coefficient (Wildman–Crippen LogP) is 1.52. The van der Waals surface area contributed by atoms with Crippen molar-refractivity contribution in [2.45, 2.75) is 37.8 Å². The van der Waals surface area contributed by atoms with Crippen molar-refractivity contribution in [1.82, 2.24) is 4.90 Å². The number of carbonyl (C=O) groups is 2. The lowest BCUT2D eigenvalue weighted by Crippen LogP contribution is -2.37. The summed E-state index contributed by atoms with van der Waals surface area (Å²) in [6, 6.07) is 0. The monoisotopic (exact) mass is 289 g/mol. The van der Waals surface area contributed by atoms with E-state index in [-0.39, 0.29) is 23.7 Å². The van der Waals surface area contributed by atoms with Gasteiger partial charge in [-0.2, -0.15) is 10.2 Å². The number of likely N-dealkylation sites (tertiary alicyclic amines) is 1. The first-order chi connectivity index (χ1) is 10.1. The molecule has 0 aromatic carbocycles. The number of hydrogen-bond acceptors (Lipinski definition) is 4. The van der Waals surface area contributed by atoms with Crippen LogP contribution in [-0.2, 0) is 9.59 Å². The van der Waals surface area contributed by atoms with Crippen molar-refractivity contribution >= 4 is 11.9 Å². The summed E-state index contributed by atoms with van der Waals surface area (Å²) < 4.78 is 0. The van der Waals surface area contributed by atoms with Gasteiger partial charge in [-0.1, -0.05) is 0 Å². The summed E-state index contributed by atoms with van der Waals surface area (Å²) in [5.41, 5.74) is -0.413. The maximum atomic E-state index is 12.2. The molecule has 1 saturated heterocycles. The molecule has 21 heavy (non-hydrogen) atoms. The zero-order valence-corrected chi connectivity index (χ0v) is 11.9. The van der Waals surface area contributed by atoms with Gasteiger partial charge in [0.25, 0.3) is 0 Å². The van der Waals surface area contributed by atoms with Gasteiger partial charge in [0.05, 0.1) is 5.92 Å². The highest BCUT2D eigenvalue weighted by atomic mass is 16.4. The summed E-state index contributed by atoms with van der Waals surface area (Å²) in [5, 5.41) is 17.1. The Bertz CT molecular complexity index is 531. The van der Waals surface area contributed by atoms with Crippen LogP contribution in [0, 0.1) is 30.1 Å². The molecule has 0 spiro atoms. The molecule has 6 nitrogen and oxygen atoms in total. The lowest BCUT2D eigenvalue weighted by molar-refractivity contribution is -0.139. The Hall–Kier alpha value is -1.90. The minimum absolute atomic E-state index is 0.0851. The van der Waals surface area contributed by atoms with Gasteiger partial charge in [0.1, 0.15) is 0 Å². The molecule has 2 fully saturated rings. The lowest BCUT2D eigenvalue weighted by Gasteiger charge is -2.26. The SMILES string of the molecule is C#CCCC1(CCC(=O)N2CC[C@@H]3[C@H](C2)[C@@H]3C(=O)O)N=N1. The van der Waals surface area contributed by atoms with Crippen molar-refractivity contribution in [2.24, 2.45) is 28.0 Å². The zero-order chi connectivity index (χ0) is 15.0. The molecule has 0 radical (unpaired) electrons. The molecule has 1 N–H and O–H groups in total. The molecular weight excluding hydrogens is 270 g/mol. The maximum absolute atomic E-state index is 12.2. The third-order valence-electron chi connectivity index (χ3n) is 4.92. The van der Waals surface area contributed by atoms with Crippen LogP contribution in [0.4, 0.5) is 0 Å². The van der Waals surface area contributed by atoms with Crippen LogP contribution in [0.1, 0.15) is 32.1 Å². The Morgan fingerprint density at radius 2 is 2.10 bits per heavy atom. The van der Waals surface area contributed by atoms with E-state index in [1.165, 1.54) is 0 Å². The van der Waals surface area contributed by atoms with Gasteiger partial charge in [-0.15, -0.1) is 12.3 Å². The van der Waals surface area contributed by atoms with E-state index in [0.717, 1.165) is 6.42 Å². The molecule has 0 bridgehead atoms. The molecule has 1 amide bonds. The maximum Gasteiger partial charge on any atom is 0.307 e. The van der Waals surface area contributed by atoms with E-state index in [1.807, 2.05) is 0 Å². The Kier molecular flexibility index (Phi) is 3.44. The van der Waals surface area contributed by atoms with Gasteiger partial charge in [-0.05, 0) is 18.3 Å². The van der Waals surface area contributed by atoms with Crippen LogP contribution in [0.15, 0.2) is 10.2 Å². The van der Waals surface area contributed by atoms with Crippen molar-refractivity contribution in [3.8, 4) is 12.3 Å². The fraction of sp³-hybridized carbons (Fsp3) is 0.733. The highest BCUT2D eigenvalue weighted by Crippen LogP contribution is 2.51. The Morgan fingerprint density at radius 3 is 2.71 bits per heavy atom. The van der Waals surface area contributed by atoms with Crippen LogP contribution < -0.4 is 0 Å².